The van der Waals surface area contributed by atoms with E-state index in [9.17, 15) is 9.59 Å². The van der Waals surface area contributed by atoms with Gasteiger partial charge in [-0.15, -0.1) is 0 Å². The first kappa shape index (κ1) is 13.7. The van der Waals surface area contributed by atoms with Crippen molar-refractivity contribution in [1.82, 2.24) is 25.5 Å². The number of pyridine rings is 2. The molecule has 0 saturated carbocycles. The number of H-pyrrole nitrogens is 1. The molecule has 0 aliphatic heterocycles. The Kier molecular flexibility index (Phi) is 3.73. The van der Waals surface area contributed by atoms with E-state index in [0.717, 1.165) is 0 Å². The van der Waals surface area contributed by atoms with Gasteiger partial charge in [-0.2, -0.15) is 5.10 Å². The summed E-state index contributed by atoms with van der Waals surface area (Å²) >= 11 is 0. The molecule has 0 unspecified atom stereocenters. The van der Waals surface area contributed by atoms with Crippen LogP contribution in [0.25, 0.3) is 11.0 Å². The number of anilines is 1. The Morgan fingerprint density at radius 3 is 2.73 bits per heavy atom. The molecule has 3 aromatic rings. The van der Waals surface area contributed by atoms with Crippen molar-refractivity contribution >= 4 is 28.7 Å². The van der Waals surface area contributed by atoms with E-state index in [4.69, 9.17) is 0 Å². The van der Waals surface area contributed by atoms with Crippen molar-refractivity contribution in [2.45, 2.75) is 6.54 Å². The molecule has 8 nitrogen and oxygen atoms in total. The molecular weight excluding hydrogens is 284 g/mol. The molecule has 0 aromatic carbocycles. The van der Waals surface area contributed by atoms with Crippen molar-refractivity contribution in [3.8, 4) is 0 Å². The topological polar surface area (TPSA) is 113 Å². The number of hydrogen-bond donors (Lipinski definition) is 3. The Balaban J connectivity index is 1.63. The smallest absolute Gasteiger partial charge is 0.314 e. The second kappa shape index (κ2) is 6.00. The molecule has 3 heterocycles. The van der Waals surface area contributed by atoms with Crippen molar-refractivity contribution in [2.75, 3.05) is 5.32 Å². The molecule has 0 radical (unpaired) electrons. The number of aromatic amines is 1. The monoisotopic (exact) mass is 296 g/mol. The van der Waals surface area contributed by atoms with Crippen molar-refractivity contribution < 1.29 is 9.59 Å². The molecule has 8 heteroatoms. The summed E-state index contributed by atoms with van der Waals surface area (Å²) in [5.41, 5.74) is 1.13. The molecule has 3 N–H and O–H groups in total. The number of fused-ring (bicyclic) bond motifs is 1. The predicted octanol–water partition coefficient (Wildman–Crippen LogP) is 0.608. The summed E-state index contributed by atoms with van der Waals surface area (Å²) in [5.74, 6) is -1.20. The van der Waals surface area contributed by atoms with E-state index in [1.165, 1.54) is 0 Å². The average Bonchev–Trinajstić information content (AvgIpc) is 2.97. The van der Waals surface area contributed by atoms with E-state index in [-0.39, 0.29) is 6.54 Å². The average molecular weight is 296 g/mol. The molecule has 0 spiro atoms. The van der Waals surface area contributed by atoms with Crippen LogP contribution in [0, 0.1) is 0 Å². The maximum atomic E-state index is 11.9. The van der Waals surface area contributed by atoms with Gasteiger partial charge < -0.3 is 10.6 Å². The van der Waals surface area contributed by atoms with Crippen LogP contribution >= 0.6 is 0 Å². The summed E-state index contributed by atoms with van der Waals surface area (Å²) in [6, 6.07) is 8.79. The number of aromatic nitrogens is 4. The van der Waals surface area contributed by atoms with Gasteiger partial charge >= 0.3 is 11.8 Å². The van der Waals surface area contributed by atoms with Gasteiger partial charge in [0.15, 0.2) is 5.65 Å². The molecule has 22 heavy (non-hydrogen) atoms. The van der Waals surface area contributed by atoms with Crippen LogP contribution in [-0.4, -0.2) is 32.0 Å². The Hall–Kier alpha value is -3.29. The lowest BCUT2D eigenvalue weighted by molar-refractivity contribution is -0.136. The molecule has 0 fully saturated rings. The summed E-state index contributed by atoms with van der Waals surface area (Å²) < 4.78 is 0. The highest BCUT2D eigenvalue weighted by Crippen LogP contribution is 2.17. The standard InChI is InChI=1S/C14H12N6O2/c21-13(17-8-9-4-1-2-6-15-9)14(22)18-12-10-5-3-7-16-11(10)19-20-12/h1-7H,8H2,(H,17,21)(H2,16,18,19,20,22). The van der Waals surface area contributed by atoms with Gasteiger partial charge in [-0.25, -0.2) is 4.98 Å². The third-order valence-electron chi connectivity index (χ3n) is 2.93. The third-order valence-corrected chi connectivity index (χ3v) is 2.93. The highest BCUT2D eigenvalue weighted by atomic mass is 16.2. The van der Waals surface area contributed by atoms with Crippen molar-refractivity contribution in [2.24, 2.45) is 0 Å². The zero-order chi connectivity index (χ0) is 15.4. The van der Waals surface area contributed by atoms with Gasteiger partial charge in [0.25, 0.3) is 0 Å². The maximum Gasteiger partial charge on any atom is 0.314 e. The third kappa shape index (κ3) is 2.90. The first-order chi connectivity index (χ1) is 10.7. The van der Waals surface area contributed by atoms with Gasteiger partial charge in [-0.1, -0.05) is 6.07 Å². The first-order valence-corrected chi connectivity index (χ1v) is 6.52. The molecule has 0 aliphatic carbocycles. The minimum Gasteiger partial charge on any atom is -0.342 e. The van der Waals surface area contributed by atoms with Crippen LogP contribution in [-0.2, 0) is 16.1 Å². The SMILES string of the molecule is O=C(NCc1ccccn1)C(=O)Nc1[nH]nc2ncccc12. The Labute approximate surface area is 125 Å². The van der Waals surface area contributed by atoms with Gasteiger partial charge in [0, 0.05) is 12.4 Å². The zero-order valence-corrected chi connectivity index (χ0v) is 11.4. The summed E-state index contributed by atoms with van der Waals surface area (Å²) in [5, 5.41) is 12.2. The summed E-state index contributed by atoms with van der Waals surface area (Å²) in [6.07, 6.45) is 3.21. The minimum absolute atomic E-state index is 0.179. The van der Waals surface area contributed by atoms with E-state index >= 15 is 0 Å². The fourth-order valence-corrected chi connectivity index (χ4v) is 1.87. The van der Waals surface area contributed by atoms with Gasteiger partial charge in [0.1, 0.15) is 5.82 Å². The van der Waals surface area contributed by atoms with E-state index < -0.39 is 11.8 Å². The summed E-state index contributed by atoms with van der Waals surface area (Å²) in [4.78, 5) is 31.7. The van der Waals surface area contributed by atoms with E-state index in [0.29, 0.717) is 22.5 Å². The van der Waals surface area contributed by atoms with Gasteiger partial charge in [-0.05, 0) is 24.3 Å². The maximum absolute atomic E-state index is 11.9. The fraction of sp³-hybridized carbons (Fsp3) is 0.0714. The number of rotatable bonds is 3. The molecule has 3 aromatic heterocycles. The van der Waals surface area contributed by atoms with Crippen LogP contribution in [0.15, 0.2) is 42.7 Å². The zero-order valence-electron chi connectivity index (χ0n) is 11.4. The predicted molar refractivity (Wildman–Crippen MR) is 78.6 cm³/mol. The van der Waals surface area contributed by atoms with Crippen molar-refractivity contribution in [3.63, 3.8) is 0 Å². The second-order valence-electron chi connectivity index (χ2n) is 4.43. The van der Waals surface area contributed by atoms with Crippen LogP contribution in [0.2, 0.25) is 0 Å². The number of hydrogen-bond acceptors (Lipinski definition) is 5. The molecule has 110 valence electrons. The Morgan fingerprint density at radius 2 is 1.91 bits per heavy atom. The summed E-state index contributed by atoms with van der Waals surface area (Å²) in [6.45, 7) is 0.179. The van der Waals surface area contributed by atoms with Crippen LogP contribution in [0.1, 0.15) is 5.69 Å². The number of nitrogens with zero attached hydrogens (tertiary/aromatic N) is 3. The Morgan fingerprint density at radius 1 is 1.05 bits per heavy atom. The normalized spacial score (nSPS) is 10.4. The van der Waals surface area contributed by atoms with E-state index in [1.54, 1.807) is 42.7 Å². The molecular formula is C14H12N6O2. The lowest BCUT2D eigenvalue weighted by atomic mass is 10.3. The Bertz CT molecular complexity index is 814. The van der Waals surface area contributed by atoms with E-state index in [2.05, 4.69) is 30.8 Å². The van der Waals surface area contributed by atoms with Crippen LogP contribution in [0.3, 0.4) is 0 Å². The van der Waals surface area contributed by atoms with Gasteiger partial charge in [0.2, 0.25) is 0 Å². The molecule has 0 aliphatic rings. The lowest BCUT2D eigenvalue weighted by Gasteiger charge is -2.05. The van der Waals surface area contributed by atoms with Crippen LogP contribution in [0.4, 0.5) is 5.82 Å². The van der Waals surface area contributed by atoms with Crippen molar-refractivity contribution in [1.29, 1.82) is 0 Å². The van der Waals surface area contributed by atoms with Crippen molar-refractivity contribution in [3.05, 3.63) is 48.4 Å². The molecule has 0 bridgehead atoms. The van der Waals surface area contributed by atoms with Gasteiger partial charge in [-0.3, -0.25) is 19.7 Å². The number of amides is 2. The number of carbonyl (C=O) groups excluding carboxylic acids is 2. The van der Waals surface area contributed by atoms with E-state index in [1.807, 2.05) is 0 Å². The largest absolute Gasteiger partial charge is 0.342 e. The van der Waals surface area contributed by atoms with Crippen LogP contribution < -0.4 is 10.6 Å². The first-order valence-electron chi connectivity index (χ1n) is 6.52. The number of carbonyl (C=O) groups is 2. The molecule has 0 saturated heterocycles. The molecule has 3 rings (SSSR count). The lowest BCUT2D eigenvalue weighted by Crippen LogP contribution is -2.35. The highest BCUT2D eigenvalue weighted by molar-refractivity contribution is 6.40. The fourth-order valence-electron chi connectivity index (χ4n) is 1.87. The van der Waals surface area contributed by atoms with Crippen LogP contribution in [0.5, 0.6) is 0 Å². The van der Waals surface area contributed by atoms with Gasteiger partial charge in [0.05, 0.1) is 17.6 Å². The molecule has 2 amide bonds. The minimum atomic E-state index is -0.787. The quantitative estimate of drug-likeness (QED) is 0.613. The molecule has 0 atom stereocenters. The summed E-state index contributed by atoms with van der Waals surface area (Å²) in [7, 11) is 0. The number of nitrogens with one attached hydrogen (secondary N) is 3. The second-order valence-corrected chi connectivity index (χ2v) is 4.43. The highest BCUT2D eigenvalue weighted by Gasteiger charge is 2.16.